The van der Waals surface area contributed by atoms with Crippen molar-refractivity contribution in [1.29, 1.82) is 0 Å². The van der Waals surface area contributed by atoms with Crippen molar-refractivity contribution in [2.45, 2.75) is 94.0 Å². The fourth-order valence-electron chi connectivity index (χ4n) is 11.1. The smallest absolute Gasteiger partial charge is 0.471 e. The van der Waals surface area contributed by atoms with E-state index >= 15 is 0 Å². The van der Waals surface area contributed by atoms with Gasteiger partial charge in [0.1, 0.15) is 69.0 Å². The summed E-state index contributed by atoms with van der Waals surface area (Å²) in [7, 11) is -18.4. The first kappa shape index (κ1) is 112. The molecule has 0 heterocycles. The number of benzene rings is 12. The first-order valence-electron chi connectivity index (χ1n) is 44.2. The molecule has 0 radical (unpaired) electrons. The van der Waals surface area contributed by atoms with E-state index in [0.29, 0.717) is 135 Å². The van der Waals surface area contributed by atoms with Gasteiger partial charge in [-0.2, -0.15) is 0 Å². The molecule has 0 aliphatic carbocycles. The predicted octanol–water partition coefficient (Wildman–Crippen LogP) is 12.7. The zero-order chi connectivity index (χ0) is 99.2. The van der Waals surface area contributed by atoms with Gasteiger partial charge in [0.2, 0.25) is 0 Å². The van der Waals surface area contributed by atoms with E-state index in [0.717, 1.165) is 27.8 Å². The maximum absolute atomic E-state index is 6.34. The van der Waals surface area contributed by atoms with Gasteiger partial charge < -0.3 is 175 Å². The van der Waals surface area contributed by atoms with Gasteiger partial charge in [0.05, 0.1) is 51.8 Å². The minimum Gasteiger partial charge on any atom is -0.471 e. The van der Waals surface area contributed by atoms with Crippen molar-refractivity contribution in [2.75, 3.05) is 119 Å². The lowest BCUT2D eigenvalue weighted by molar-refractivity contribution is -0.00413. The Hall–Kier alpha value is -12.7. The maximum atomic E-state index is 6.34. The van der Waals surface area contributed by atoms with Crippen LogP contribution in [0, 0.1) is 34.6 Å². The Morgan fingerprint density at radius 1 is 0.203 bits per heavy atom. The molecule has 12 aromatic rings. The summed E-state index contributed by atoms with van der Waals surface area (Å²) in [6.07, 6.45) is -0.665. The van der Waals surface area contributed by atoms with Gasteiger partial charge in [-0.25, -0.2) is 0 Å². The molecule has 40 heteroatoms. The molecule has 0 aliphatic rings. The molecule has 4 unspecified atom stereocenters. The topological polar surface area (TPSA) is 575 Å². The van der Waals surface area contributed by atoms with Crippen molar-refractivity contribution in [3.63, 3.8) is 0 Å². The molecule has 12 aromatic carbocycles. The quantitative estimate of drug-likeness (QED) is 0.0124. The highest BCUT2D eigenvalue weighted by molar-refractivity contribution is 6.58. The van der Waals surface area contributed by atoms with Crippen molar-refractivity contribution < 1.29 is 88.5 Å². The highest BCUT2D eigenvalue weighted by Crippen LogP contribution is 2.34. The standard InChI is InChI=1S/C25H25N3O4Si.2C19H29N3O4Si.2C17H25N3O4Si.CH4/c1-18-2-10-22(11-3-18)29-33(30-23-12-4-19(26)5-13-23,31-24-14-6-20(27)7-15-24)32-25-16-8-21(28)9-17-25;1-14-4-8-18(9-5-14)25-27(23-12-15(2)20,24-13-16(3)21)26-19-10-6-17(22)7-11-19;1-14-4-8-18(9-5-14)25-27(23-15(2)12-20,24-16(3)13-21)26-19-10-6-17(22)7-11-19;2*1-14-2-6-16(7-3-14)23-25(21-12-10-18,22-13-11-19)24-17-8-4-15(20)5-9-17;/h2-17H,26-28H2,1H3;2*4-11,15-16H,12-13,20-22H2,1-3H3;2*2-9H,10-13,18-20H2,1H3;1H4. The highest BCUT2D eigenvalue weighted by atomic mass is 28.4. The van der Waals surface area contributed by atoms with Gasteiger partial charge in [-0.15, -0.1) is 0 Å². The second kappa shape index (κ2) is 57.5. The van der Waals surface area contributed by atoms with E-state index in [2.05, 4.69) is 0 Å². The summed E-state index contributed by atoms with van der Waals surface area (Å²) in [5.74, 6) is 6.42. The molecule has 0 aromatic heterocycles. The molecule has 0 amide bonds. The second-order valence-electron chi connectivity index (χ2n) is 31.2. The third-order valence-electron chi connectivity index (χ3n) is 18.2. The Labute approximate surface area is 815 Å². The average molecular weight is 1990 g/mol. The van der Waals surface area contributed by atoms with E-state index in [-0.39, 0.29) is 84.4 Å². The zero-order valence-corrected chi connectivity index (χ0v) is 83.8. The zero-order valence-electron chi connectivity index (χ0n) is 78.8. The Balaban J connectivity index is 0.000000235. The van der Waals surface area contributed by atoms with Crippen molar-refractivity contribution in [3.8, 4) is 69.0 Å². The summed E-state index contributed by atoms with van der Waals surface area (Å²) in [4.78, 5) is 0. The monoisotopic (exact) mass is 1980 g/mol. The number of aryl methyl sites for hydroxylation is 5. The Morgan fingerprint density at radius 2 is 0.341 bits per heavy atom. The maximum Gasteiger partial charge on any atom is 0.966 e. The van der Waals surface area contributed by atoms with E-state index < -0.39 is 45.2 Å². The number of hydrogen-bond donors (Lipinski definition) is 15. The lowest BCUT2D eigenvalue weighted by Crippen LogP contribution is -2.60. The molecule has 0 aliphatic heterocycles. The van der Waals surface area contributed by atoms with Crippen molar-refractivity contribution in [2.24, 2.45) is 45.9 Å². The SMILES string of the molecule is C.Cc1ccc(O[Si](OCC(C)N)(OCC(C)N)Oc2ccc(N)cc2)cc1.Cc1ccc(O[Si](OCCN)(OCCN)Oc2ccc(N)cc2)cc1.Cc1ccc(O[Si](OCCN)(OCCN)Oc2ccc(N)cc2)cc1.Cc1ccc(O[Si](Oc2ccc(N)cc2)(OC(C)CN)OC(C)CN)cc1.Cc1ccc(O[Si](Oc2ccc(N)cc2)(Oc2ccc(N)cc2)Oc2ccc(N)cc2)cc1. The largest absolute Gasteiger partial charge is 0.966 e. The van der Waals surface area contributed by atoms with Crippen LogP contribution in [0.1, 0.15) is 62.9 Å². The summed E-state index contributed by atoms with van der Waals surface area (Å²) in [6, 6.07) is 85.8. The van der Waals surface area contributed by atoms with Crippen LogP contribution in [0.4, 0.5) is 39.8 Å². The molecule has 12 rings (SSSR count). The van der Waals surface area contributed by atoms with Crippen LogP contribution in [0.5, 0.6) is 69.0 Å². The van der Waals surface area contributed by atoms with Crippen LogP contribution in [-0.2, 0) is 35.4 Å². The van der Waals surface area contributed by atoms with E-state index in [1.165, 1.54) is 0 Å². The normalized spacial score (nSPS) is 12.8. The van der Waals surface area contributed by atoms with E-state index in [9.17, 15) is 0 Å². The van der Waals surface area contributed by atoms with Gasteiger partial charge in [-0.05, 0) is 293 Å². The van der Waals surface area contributed by atoms with Crippen molar-refractivity contribution >= 4 is 85.1 Å². The van der Waals surface area contributed by atoms with Gasteiger partial charge in [-0.1, -0.05) is 95.9 Å². The third-order valence-corrected chi connectivity index (χ3v) is 28.6. The minimum absolute atomic E-state index is 0. The second-order valence-corrected chi connectivity index (χ2v) is 40.9. The van der Waals surface area contributed by atoms with Crippen LogP contribution in [-0.4, -0.2) is 148 Å². The van der Waals surface area contributed by atoms with Gasteiger partial charge in [0, 0.05) is 91.2 Å². The molecule has 744 valence electrons. The Kier molecular flexibility index (Phi) is 46.8. The molecule has 138 heavy (non-hydrogen) atoms. The van der Waals surface area contributed by atoms with E-state index in [1.807, 2.05) is 184 Å². The summed E-state index contributed by atoms with van der Waals surface area (Å²) >= 11 is 0. The van der Waals surface area contributed by atoms with Crippen molar-refractivity contribution in [1.82, 2.24) is 0 Å². The summed E-state index contributed by atoms with van der Waals surface area (Å²) in [5.41, 5.74) is 95.9. The molecule has 35 nitrogen and oxygen atoms in total. The Morgan fingerprint density at radius 3 is 0.486 bits per heavy atom. The fourth-order valence-corrected chi connectivity index (χ4v) is 21.4. The number of rotatable bonds is 48. The van der Waals surface area contributed by atoms with Gasteiger partial charge >= 0.3 is 45.2 Å². The van der Waals surface area contributed by atoms with Crippen LogP contribution in [0.3, 0.4) is 0 Å². The van der Waals surface area contributed by atoms with Crippen LogP contribution in [0.15, 0.2) is 291 Å². The summed E-state index contributed by atoms with van der Waals surface area (Å²) in [5, 5.41) is 0. The first-order valence-corrected chi connectivity index (χ1v) is 52.3. The van der Waals surface area contributed by atoms with Gasteiger partial charge in [-0.3, -0.25) is 0 Å². The number of nitrogens with two attached hydrogens (primary N) is 15. The van der Waals surface area contributed by atoms with Crippen LogP contribution in [0.25, 0.3) is 0 Å². The third kappa shape index (κ3) is 40.5. The van der Waals surface area contributed by atoms with Crippen LogP contribution in [0.2, 0.25) is 0 Å². The summed E-state index contributed by atoms with van der Waals surface area (Å²) < 4.78 is 121. The highest BCUT2D eigenvalue weighted by Gasteiger charge is 2.60. The van der Waals surface area contributed by atoms with Gasteiger partial charge in [0.25, 0.3) is 0 Å². The van der Waals surface area contributed by atoms with E-state index in [1.54, 1.807) is 170 Å². The molecule has 0 bridgehead atoms. The first-order chi connectivity index (χ1) is 65.7. The van der Waals surface area contributed by atoms with E-state index in [4.69, 9.17) is 175 Å². The Bertz CT molecular complexity index is 4830. The van der Waals surface area contributed by atoms with Crippen molar-refractivity contribution in [3.05, 3.63) is 319 Å². The molecular formula is C98H137N15O20Si5. The van der Waals surface area contributed by atoms with Gasteiger partial charge in [0.15, 0.2) is 0 Å². The fraction of sp³-hybridized carbons (Fsp3) is 0.265. The average Bonchev–Trinajstić information content (AvgIpc) is 0.808. The predicted molar refractivity (Wildman–Crippen MR) is 553 cm³/mol. The molecule has 0 saturated carbocycles. The lowest BCUT2D eigenvalue weighted by Gasteiger charge is -2.32. The molecule has 30 N–H and O–H groups in total. The number of nitrogen functional groups attached to an aromatic ring is 7. The molecule has 0 fully saturated rings. The lowest BCUT2D eigenvalue weighted by atomic mass is 10.2. The number of hydrogen-bond acceptors (Lipinski definition) is 35. The molecule has 0 saturated heterocycles. The summed E-state index contributed by atoms with van der Waals surface area (Å²) in [6.45, 7) is 20.5. The molecular weight excluding hydrogens is 1850 g/mol. The number of anilines is 7. The van der Waals surface area contributed by atoms with Crippen LogP contribution < -0.4 is 139 Å². The minimum atomic E-state index is -3.95. The molecule has 0 spiro atoms. The molecule has 4 atom stereocenters. The van der Waals surface area contributed by atoms with Crippen LogP contribution >= 0.6 is 0 Å².